The Balaban J connectivity index is 2.73. The van der Waals surface area contributed by atoms with E-state index in [2.05, 4.69) is 11.8 Å². The van der Waals surface area contributed by atoms with Crippen LogP contribution in [0.2, 0.25) is 0 Å². The van der Waals surface area contributed by atoms with Crippen molar-refractivity contribution in [1.82, 2.24) is 0 Å². The molecule has 0 aromatic heterocycles. The van der Waals surface area contributed by atoms with Gasteiger partial charge in [0.2, 0.25) is 0 Å². The van der Waals surface area contributed by atoms with Crippen molar-refractivity contribution in [3.05, 3.63) is 34.6 Å². The maximum Gasteiger partial charge on any atom is 0.123 e. The molecule has 86 valence electrons. The van der Waals surface area contributed by atoms with Crippen molar-refractivity contribution in [1.29, 1.82) is 0 Å². The topological polar surface area (TPSA) is 26.0 Å². The van der Waals surface area contributed by atoms with Gasteiger partial charge >= 0.3 is 0 Å². The molecule has 1 aromatic rings. The Bertz CT molecular complexity index is 389. The van der Waals surface area contributed by atoms with Crippen molar-refractivity contribution >= 4 is 0 Å². The molecule has 16 heavy (non-hydrogen) atoms. The third kappa shape index (κ3) is 3.67. The highest BCUT2D eigenvalue weighted by molar-refractivity contribution is 5.46. The van der Waals surface area contributed by atoms with Crippen LogP contribution < -0.4 is 5.73 Å². The third-order valence-electron chi connectivity index (χ3n) is 2.47. The summed E-state index contributed by atoms with van der Waals surface area (Å²) >= 11 is 0. The van der Waals surface area contributed by atoms with E-state index in [1.165, 1.54) is 12.1 Å². The molecule has 0 bridgehead atoms. The predicted molar refractivity (Wildman–Crippen MR) is 65.7 cm³/mol. The van der Waals surface area contributed by atoms with E-state index in [1.54, 1.807) is 0 Å². The van der Waals surface area contributed by atoms with Crippen LogP contribution in [0.3, 0.4) is 0 Å². The van der Waals surface area contributed by atoms with Gasteiger partial charge in [0.1, 0.15) is 5.82 Å². The molecule has 0 unspecified atom stereocenters. The molecule has 2 heteroatoms. The van der Waals surface area contributed by atoms with Crippen LogP contribution >= 0.6 is 0 Å². The first-order valence-corrected chi connectivity index (χ1v) is 5.61. The highest BCUT2D eigenvalue weighted by Crippen LogP contribution is 2.14. The highest BCUT2D eigenvalue weighted by atomic mass is 19.1. The average Bonchev–Trinajstić information content (AvgIpc) is 2.20. The lowest BCUT2D eigenvalue weighted by atomic mass is 10.0. The van der Waals surface area contributed by atoms with E-state index in [0.717, 1.165) is 42.5 Å². The van der Waals surface area contributed by atoms with Crippen LogP contribution in [-0.2, 0) is 0 Å². The molecule has 0 atom stereocenters. The molecule has 1 rings (SSSR count). The lowest BCUT2D eigenvalue weighted by Gasteiger charge is -2.02. The molecule has 2 N–H and O–H groups in total. The number of rotatable bonds is 3. The quantitative estimate of drug-likeness (QED) is 0.614. The Kier molecular flexibility index (Phi) is 5.01. The van der Waals surface area contributed by atoms with Crippen molar-refractivity contribution in [3.8, 4) is 11.8 Å². The normalized spacial score (nSPS) is 9.75. The minimum Gasteiger partial charge on any atom is -0.330 e. The van der Waals surface area contributed by atoms with Crippen LogP contribution in [0.5, 0.6) is 0 Å². The molecule has 1 aromatic carbocycles. The molecular formula is C14H18FN. The van der Waals surface area contributed by atoms with E-state index >= 15 is 0 Å². The van der Waals surface area contributed by atoms with Gasteiger partial charge in [-0.25, -0.2) is 4.39 Å². The van der Waals surface area contributed by atoms with Crippen LogP contribution in [-0.4, -0.2) is 6.54 Å². The Morgan fingerprint density at radius 3 is 2.38 bits per heavy atom. The molecule has 0 heterocycles. The lowest BCUT2D eigenvalue weighted by molar-refractivity contribution is 0.625. The number of halogens is 1. The van der Waals surface area contributed by atoms with E-state index in [0.29, 0.717) is 0 Å². The van der Waals surface area contributed by atoms with Gasteiger partial charge in [0.05, 0.1) is 0 Å². The Morgan fingerprint density at radius 2 is 1.81 bits per heavy atom. The first kappa shape index (κ1) is 12.7. The van der Waals surface area contributed by atoms with Gasteiger partial charge in [-0.3, -0.25) is 0 Å². The van der Waals surface area contributed by atoms with E-state index < -0.39 is 0 Å². The summed E-state index contributed by atoms with van der Waals surface area (Å²) in [4.78, 5) is 0. The number of hydrogen-bond acceptors (Lipinski definition) is 1. The summed E-state index contributed by atoms with van der Waals surface area (Å²) in [5.41, 5.74) is 8.16. The largest absolute Gasteiger partial charge is 0.330 e. The van der Waals surface area contributed by atoms with Crippen LogP contribution in [0, 0.1) is 31.5 Å². The summed E-state index contributed by atoms with van der Waals surface area (Å²) in [6.45, 7) is 4.50. The van der Waals surface area contributed by atoms with E-state index in [-0.39, 0.29) is 5.82 Å². The zero-order valence-corrected chi connectivity index (χ0v) is 9.94. The van der Waals surface area contributed by atoms with Crippen molar-refractivity contribution in [2.45, 2.75) is 33.1 Å². The van der Waals surface area contributed by atoms with E-state index in [1.807, 2.05) is 13.8 Å². The first-order chi connectivity index (χ1) is 7.65. The fourth-order valence-corrected chi connectivity index (χ4v) is 1.62. The Morgan fingerprint density at radius 1 is 1.19 bits per heavy atom. The van der Waals surface area contributed by atoms with Gasteiger partial charge in [-0.05, 0) is 56.5 Å². The van der Waals surface area contributed by atoms with Crippen LogP contribution in [0.4, 0.5) is 4.39 Å². The standard InChI is InChI=1S/C14H18FN/c1-11-9-13(15)10-12(2)14(11)7-5-3-4-6-8-16/h9-10H,3-4,6,8,16H2,1-2H3. The number of aryl methyl sites for hydroxylation is 2. The van der Waals surface area contributed by atoms with Gasteiger partial charge in [-0.2, -0.15) is 0 Å². The zero-order chi connectivity index (χ0) is 12.0. The summed E-state index contributed by atoms with van der Waals surface area (Å²) < 4.78 is 13.0. The number of unbranched alkanes of at least 4 members (excludes halogenated alkanes) is 2. The predicted octanol–water partition coefficient (Wildman–Crippen LogP) is 2.92. The summed E-state index contributed by atoms with van der Waals surface area (Å²) in [7, 11) is 0. The van der Waals surface area contributed by atoms with E-state index in [4.69, 9.17) is 5.73 Å². The molecule has 0 fully saturated rings. The third-order valence-corrected chi connectivity index (χ3v) is 2.47. The average molecular weight is 219 g/mol. The van der Waals surface area contributed by atoms with Crippen molar-refractivity contribution < 1.29 is 4.39 Å². The van der Waals surface area contributed by atoms with Crippen LogP contribution in [0.25, 0.3) is 0 Å². The molecule has 0 aliphatic heterocycles. The monoisotopic (exact) mass is 219 g/mol. The van der Waals surface area contributed by atoms with Gasteiger partial charge in [-0.15, -0.1) is 0 Å². The minimum atomic E-state index is -0.191. The molecule has 0 aliphatic carbocycles. The number of nitrogens with two attached hydrogens (primary N) is 1. The molecule has 0 saturated heterocycles. The SMILES string of the molecule is Cc1cc(F)cc(C)c1C#CCCCCN. The molecule has 0 spiro atoms. The molecule has 0 amide bonds. The molecule has 1 nitrogen and oxygen atoms in total. The zero-order valence-electron chi connectivity index (χ0n) is 9.94. The maximum atomic E-state index is 13.0. The summed E-state index contributed by atoms with van der Waals surface area (Å²) in [6, 6.07) is 3.05. The molecule has 0 radical (unpaired) electrons. The van der Waals surface area contributed by atoms with Gasteiger partial charge < -0.3 is 5.73 Å². The Labute approximate surface area is 96.9 Å². The second-order valence-corrected chi connectivity index (χ2v) is 3.96. The van der Waals surface area contributed by atoms with Crippen LogP contribution in [0.1, 0.15) is 36.0 Å². The second-order valence-electron chi connectivity index (χ2n) is 3.96. The molecular weight excluding hydrogens is 201 g/mol. The van der Waals surface area contributed by atoms with Gasteiger partial charge in [-0.1, -0.05) is 11.8 Å². The van der Waals surface area contributed by atoms with E-state index in [9.17, 15) is 4.39 Å². The number of benzene rings is 1. The molecule has 0 saturated carbocycles. The summed E-state index contributed by atoms with van der Waals surface area (Å²) in [5, 5.41) is 0. The smallest absolute Gasteiger partial charge is 0.123 e. The Hall–Kier alpha value is -1.33. The second kappa shape index (κ2) is 6.30. The van der Waals surface area contributed by atoms with Gasteiger partial charge in [0.15, 0.2) is 0 Å². The fourth-order valence-electron chi connectivity index (χ4n) is 1.62. The fraction of sp³-hybridized carbons (Fsp3) is 0.429. The van der Waals surface area contributed by atoms with Crippen molar-refractivity contribution in [3.63, 3.8) is 0 Å². The van der Waals surface area contributed by atoms with Crippen molar-refractivity contribution in [2.75, 3.05) is 6.54 Å². The number of hydrogen-bond donors (Lipinski definition) is 1. The first-order valence-electron chi connectivity index (χ1n) is 5.61. The minimum absolute atomic E-state index is 0.191. The lowest BCUT2D eigenvalue weighted by Crippen LogP contribution is -1.97. The molecule has 0 aliphatic rings. The van der Waals surface area contributed by atoms with Gasteiger partial charge in [0, 0.05) is 12.0 Å². The van der Waals surface area contributed by atoms with Crippen molar-refractivity contribution in [2.24, 2.45) is 5.73 Å². The van der Waals surface area contributed by atoms with Crippen LogP contribution in [0.15, 0.2) is 12.1 Å². The summed E-state index contributed by atoms with van der Waals surface area (Å²) in [6.07, 6.45) is 2.90. The summed E-state index contributed by atoms with van der Waals surface area (Å²) in [5.74, 6) is 6.03. The maximum absolute atomic E-state index is 13.0. The highest BCUT2D eigenvalue weighted by Gasteiger charge is 2.01. The van der Waals surface area contributed by atoms with Gasteiger partial charge in [0.25, 0.3) is 0 Å².